The van der Waals surface area contributed by atoms with Crippen molar-refractivity contribution in [2.24, 2.45) is 0 Å². The summed E-state index contributed by atoms with van der Waals surface area (Å²) in [4.78, 5) is 29.4. The molecule has 1 heterocycles. The first kappa shape index (κ1) is 11.7. The first-order valence-corrected chi connectivity index (χ1v) is 5.00. The summed E-state index contributed by atoms with van der Waals surface area (Å²) in [6.45, 7) is 0. The van der Waals surface area contributed by atoms with Crippen molar-refractivity contribution in [1.29, 1.82) is 0 Å². The highest BCUT2D eigenvalue weighted by atomic mass is 16.5. The van der Waals surface area contributed by atoms with E-state index < -0.39 is 17.8 Å². The van der Waals surface area contributed by atoms with E-state index in [2.05, 4.69) is 9.97 Å². The number of aromatic nitrogens is 2. The predicted octanol–water partition coefficient (Wildman–Crippen LogP) is 1.39. The van der Waals surface area contributed by atoms with Crippen LogP contribution in [0.1, 0.15) is 21.1 Å². The van der Waals surface area contributed by atoms with E-state index in [1.54, 1.807) is 30.3 Å². The molecule has 6 heteroatoms. The Labute approximate surface area is 102 Å². The number of ether oxygens (including phenoxy) is 1. The molecule has 0 aliphatic carbocycles. The number of para-hydroxylation sites is 1. The van der Waals surface area contributed by atoms with Gasteiger partial charge < -0.3 is 9.84 Å². The first-order valence-electron chi connectivity index (χ1n) is 5.00. The minimum atomic E-state index is -1.30. The summed E-state index contributed by atoms with van der Waals surface area (Å²) in [5, 5.41) is 8.70. The third-order valence-electron chi connectivity index (χ3n) is 2.01. The average molecular weight is 244 g/mol. The van der Waals surface area contributed by atoms with Crippen LogP contribution in [0.5, 0.6) is 5.75 Å². The first-order chi connectivity index (χ1) is 8.66. The molecule has 0 aliphatic heterocycles. The third kappa shape index (κ3) is 2.67. The fourth-order valence-electron chi connectivity index (χ4n) is 1.22. The highest BCUT2D eigenvalue weighted by Crippen LogP contribution is 2.10. The molecule has 1 aromatic heterocycles. The molecule has 0 amide bonds. The zero-order valence-electron chi connectivity index (χ0n) is 9.11. The zero-order chi connectivity index (χ0) is 13.0. The molecule has 1 aromatic carbocycles. The largest absolute Gasteiger partial charge is 0.475 e. The van der Waals surface area contributed by atoms with Gasteiger partial charge in [0.15, 0.2) is 5.69 Å². The fourth-order valence-corrected chi connectivity index (χ4v) is 1.22. The van der Waals surface area contributed by atoms with Crippen molar-refractivity contribution in [1.82, 2.24) is 9.97 Å². The Morgan fingerprint density at radius 3 is 2.50 bits per heavy atom. The SMILES string of the molecule is O=C(Oc1ccccc1)c1ccnc(C(=O)O)n1. The molecule has 90 valence electrons. The van der Waals surface area contributed by atoms with Gasteiger partial charge in [-0.1, -0.05) is 18.2 Å². The van der Waals surface area contributed by atoms with Crippen molar-refractivity contribution < 1.29 is 19.4 Å². The van der Waals surface area contributed by atoms with Crippen LogP contribution in [0.25, 0.3) is 0 Å². The van der Waals surface area contributed by atoms with Crippen LogP contribution in [0, 0.1) is 0 Å². The van der Waals surface area contributed by atoms with Crippen LogP contribution < -0.4 is 4.74 Å². The Morgan fingerprint density at radius 1 is 1.11 bits per heavy atom. The van der Waals surface area contributed by atoms with Gasteiger partial charge in [0.05, 0.1) is 0 Å². The number of rotatable bonds is 3. The van der Waals surface area contributed by atoms with Crippen LogP contribution in [0.4, 0.5) is 0 Å². The number of hydrogen-bond acceptors (Lipinski definition) is 5. The van der Waals surface area contributed by atoms with Gasteiger partial charge in [-0.2, -0.15) is 0 Å². The number of carbonyl (C=O) groups excluding carboxylic acids is 1. The summed E-state index contributed by atoms with van der Waals surface area (Å²) < 4.78 is 5.01. The lowest BCUT2D eigenvalue weighted by Gasteiger charge is -2.03. The second-order valence-corrected chi connectivity index (χ2v) is 3.27. The van der Waals surface area contributed by atoms with Gasteiger partial charge in [0.2, 0.25) is 5.82 Å². The Balaban J connectivity index is 2.19. The van der Waals surface area contributed by atoms with Gasteiger partial charge in [-0.05, 0) is 18.2 Å². The molecule has 2 aromatic rings. The van der Waals surface area contributed by atoms with Crippen LogP contribution in [-0.4, -0.2) is 27.0 Å². The number of aromatic carboxylic acids is 1. The molecule has 0 atom stereocenters. The second-order valence-electron chi connectivity index (χ2n) is 3.27. The summed E-state index contributed by atoms with van der Waals surface area (Å²) in [6.07, 6.45) is 1.19. The lowest BCUT2D eigenvalue weighted by molar-refractivity contribution is 0.0682. The normalized spacial score (nSPS) is 9.78. The quantitative estimate of drug-likeness (QED) is 0.648. The number of carboxylic acids is 1. The lowest BCUT2D eigenvalue weighted by Crippen LogP contribution is -2.14. The van der Waals surface area contributed by atoms with E-state index in [-0.39, 0.29) is 5.69 Å². The van der Waals surface area contributed by atoms with Crippen LogP contribution >= 0.6 is 0 Å². The summed E-state index contributed by atoms with van der Waals surface area (Å²) in [7, 11) is 0. The number of carbonyl (C=O) groups is 2. The smallest absolute Gasteiger partial charge is 0.373 e. The number of hydrogen-bond donors (Lipinski definition) is 1. The van der Waals surface area contributed by atoms with Crippen molar-refractivity contribution in [3.05, 3.63) is 54.1 Å². The Morgan fingerprint density at radius 2 is 1.83 bits per heavy atom. The highest BCUT2D eigenvalue weighted by Gasteiger charge is 2.14. The molecule has 0 fully saturated rings. The van der Waals surface area contributed by atoms with Gasteiger partial charge in [-0.25, -0.2) is 19.6 Å². The molecular weight excluding hydrogens is 236 g/mol. The van der Waals surface area contributed by atoms with E-state index in [0.717, 1.165) is 0 Å². The minimum Gasteiger partial charge on any atom is -0.475 e. The maximum atomic E-state index is 11.7. The van der Waals surface area contributed by atoms with Gasteiger partial charge in [0, 0.05) is 6.20 Å². The topological polar surface area (TPSA) is 89.4 Å². The molecule has 6 nitrogen and oxygen atoms in total. The average Bonchev–Trinajstić information content (AvgIpc) is 2.40. The summed E-state index contributed by atoms with van der Waals surface area (Å²) in [6, 6.07) is 9.72. The van der Waals surface area contributed by atoms with Gasteiger partial charge in [0.1, 0.15) is 5.75 Å². The summed E-state index contributed by atoms with van der Waals surface area (Å²) >= 11 is 0. The Hall–Kier alpha value is -2.76. The Bertz CT molecular complexity index is 584. The summed E-state index contributed by atoms with van der Waals surface area (Å²) in [5.41, 5.74) is -0.105. The van der Waals surface area contributed by atoms with E-state index in [9.17, 15) is 9.59 Å². The predicted molar refractivity (Wildman–Crippen MR) is 60.4 cm³/mol. The number of benzene rings is 1. The molecule has 0 saturated heterocycles. The van der Waals surface area contributed by atoms with Crippen molar-refractivity contribution >= 4 is 11.9 Å². The molecule has 0 saturated carbocycles. The molecule has 0 bridgehead atoms. The van der Waals surface area contributed by atoms with Crippen molar-refractivity contribution in [2.75, 3.05) is 0 Å². The molecule has 0 unspecified atom stereocenters. The van der Waals surface area contributed by atoms with E-state index in [1.807, 2.05) is 0 Å². The number of carboxylic acid groups (broad SMARTS) is 1. The molecule has 1 N–H and O–H groups in total. The van der Waals surface area contributed by atoms with E-state index in [4.69, 9.17) is 9.84 Å². The molecule has 2 rings (SSSR count). The number of nitrogens with zero attached hydrogens (tertiary/aromatic N) is 2. The van der Waals surface area contributed by atoms with Crippen LogP contribution in [0.3, 0.4) is 0 Å². The van der Waals surface area contributed by atoms with Crippen LogP contribution in [-0.2, 0) is 0 Å². The Kier molecular flexibility index (Phi) is 3.29. The summed E-state index contributed by atoms with van der Waals surface area (Å²) in [5.74, 6) is -2.12. The maximum absolute atomic E-state index is 11.7. The molecule has 18 heavy (non-hydrogen) atoms. The van der Waals surface area contributed by atoms with Crippen LogP contribution in [0.2, 0.25) is 0 Å². The number of esters is 1. The van der Waals surface area contributed by atoms with Crippen molar-refractivity contribution in [3.63, 3.8) is 0 Å². The van der Waals surface area contributed by atoms with Crippen molar-refractivity contribution in [3.8, 4) is 5.75 Å². The minimum absolute atomic E-state index is 0.105. The highest BCUT2D eigenvalue weighted by molar-refractivity contribution is 5.90. The molecule has 0 spiro atoms. The van der Waals surface area contributed by atoms with E-state index in [1.165, 1.54) is 12.3 Å². The molecule has 0 radical (unpaired) electrons. The van der Waals surface area contributed by atoms with Gasteiger partial charge >= 0.3 is 11.9 Å². The van der Waals surface area contributed by atoms with Gasteiger partial charge in [-0.3, -0.25) is 0 Å². The van der Waals surface area contributed by atoms with E-state index >= 15 is 0 Å². The van der Waals surface area contributed by atoms with E-state index in [0.29, 0.717) is 5.75 Å². The lowest BCUT2D eigenvalue weighted by atomic mass is 10.3. The fraction of sp³-hybridized carbons (Fsp3) is 0. The van der Waals surface area contributed by atoms with Crippen LogP contribution in [0.15, 0.2) is 42.6 Å². The van der Waals surface area contributed by atoms with Gasteiger partial charge in [0.25, 0.3) is 0 Å². The van der Waals surface area contributed by atoms with Gasteiger partial charge in [-0.15, -0.1) is 0 Å². The monoisotopic (exact) mass is 244 g/mol. The zero-order valence-corrected chi connectivity index (χ0v) is 9.11. The third-order valence-corrected chi connectivity index (χ3v) is 2.01. The molecule has 0 aliphatic rings. The van der Waals surface area contributed by atoms with Crippen molar-refractivity contribution in [2.45, 2.75) is 0 Å². The molecular formula is C12H8N2O4. The second kappa shape index (κ2) is 5.05. The standard InChI is InChI=1S/C12H8N2O4/c15-11(16)10-13-7-6-9(14-10)12(17)18-8-4-2-1-3-5-8/h1-7H,(H,15,16). The maximum Gasteiger partial charge on any atom is 0.373 e.